The minimum Gasteiger partial charge on any atom is -0.507 e. The van der Waals surface area contributed by atoms with Gasteiger partial charge in [0.25, 0.3) is 11.7 Å². The van der Waals surface area contributed by atoms with Crippen LogP contribution in [-0.4, -0.2) is 42.5 Å². The Morgan fingerprint density at radius 1 is 1.03 bits per heavy atom. The van der Waals surface area contributed by atoms with E-state index in [2.05, 4.69) is 0 Å². The summed E-state index contributed by atoms with van der Waals surface area (Å²) in [5.74, 6) is 0.0478. The highest BCUT2D eigenvalue weighted by molar-refractivity contribution is 7.09. The number of aliphatic hydroxyl groups excluding tert-OH is 1. The Labute approximate surface area is 208 Å². The molecule has 1 aliphatic rings. The molecule has 1 aliphatic heterocycles. The second kappa shape index (κ2) is 10.2. The van der Waals surface area contributed by atoms with Crippen molar-refractivity contribution in [2.24, 2.45) is 0 Å². The lowest BCUT2D eigenvalue weighted by atomic mass is 9.94. The number of aliphatic hydroxyl groups is 1. The molecule has 1 fully saturated rings. The smallest absolute Gasteiger partial charge is 0.295 e. The van der Waals surface area contributed by atoms with Gasteiger partial charge in [-0.2, -0.15) is 0 Å². The molecule has 0 bridgehead atoms. The highest BCUT2D eigenvalue weighted by atomic mass is 32.1. The Kier molecular flexibility index (Phi) is 7.12. The van der Waals surface area contributed by atoms with Gasteiger partial charge in [0.2, 0.25) is 0 Å². The van der Waals surface area contributed by atoms with Gasteiger partial charge in [-0.3, -0.25) is 9.59 Å². The van der Waals surface area contributed by atoms with Crippen LogP contribution in [0, 0.1) is 6.92 Å². The summed E-state index contributed by atoms with van der Waals surface area (Å²) in [4.78, 5) is 28.9. The summed E-state index contributed by atoms with van der Waals surface area (Å²) in [6.07, 6.45) is 0. The average Bonchev–Trinajstić information content (AvgIpc) is 3.47. The first-order valence-corrected chi connectivity index (χ1v) is 12.0. The fourth-order valence-corrected chi connectivity index (χ4v) is 4.96. The summed E-state index contributed by atoms with van der Waals surface area (Å²) < 4.78 is 16.4. The van der Waals surface area contributed by atoms with Crippen molar-refractivity contribution in [2.75, 3.05) is 20.8 Å². The van der Waals surface area contributed by atoms with Crippen LogP contribution in [0.5, 0.6) is 17.2 Å². The van der Waals surface area contributed by atoms with E-state index in [-0.39, 0.29) is 17.9 Å². The number of amides is 1. The summed E-state index contributed by atoms with van der Waals surface area (Å²) >= 11 is 1.50. The largest absolute Gasteiger partial charge is 0.507 e. The first kappa shape index (κ1) is 24.3. The van der Waals surface area contributed by atoms with Crippen molar-refractivity contribution in [3.05, 3.63) is 81.1 Å². The van der Waals surface area contributed by atoms with Crippen LogP contribution < -0.4 is 14.2 Å². The zero-order chi connectivity index (χ0) is 25.1. The van der Waals surface area contributed by atoms with E-state index < -0.39 is 17.7 Å². The number of carbonyl (C=O) groups is 2. The molecule has 0 spiro atoms. The number of Topliss-reactive ketones (excluding diaryl/α,β-unsaturated/α-hetero) is 1. The number of hydrogen-bond donors (Lipinski definition) is 1. The molecule has 0 aliphatic carbocycles. The van der Waals surface area contributed by atoms with Crippen LogP contribution in [0.25, 0.3) is 5.76 Å². The van der Waals surface area contributed by atoms with Gasteiger partial charge in [-0.25, -0.2) is 0 Å². The fraction of sp³-hybridized carbons (Fsp3) is 0.259. The molecular weight excluding hydrogens is 466 g/mol. The van der Waals surface area contributed by atoms with E-state index in [0.717, 1.165) is 10.4 Å². The third-order valence-electron chi connectivity index (χ3n) is 5.92. The Bertz CT molecular complexity index is 1280. The molecule has 1 atom stereocenters. The molecule has 182 valence electrons. The first-order valence-electron chi connectivity index (χ1n) is 11.2. The van der Waals surface area contributed by atoms with E-state index in [4.69, 9.17) is 14.2 Å². The van der Waals surface area contributed by atoms with E-state index in [9.17, 15) is 14.7 Å². The van der Waals surface area contributed by atoms with Gasteiger partial charge in [-0.1, -0.05) is 12.1 Å². The zero-order valence-corrected chi connectivity index (χ0v) is 20.8. The fourth-order valence-electron chi connectivity index (χ4n) is 4.25. The molecular formula is C27H27NO6S. The van der Waals surface area contributed by atoms with Gasteiger partial charge in [-0.05, 0) is 66.8 Å². The van der Waals surface area contributed by atoms with Gasteiger partial charge in [-0.15, -0.1) is 11.3 Å². The molecule has 8 heteroatoms. The second-order valence-corrected chi connectivity index (χ2v) is 9.07. The predicted octanol–water partition coefficient (Wildman–Crippen LogP) is 5.09. The van der Waals surface area contributed by atoms with Crippen LogP contribution in [-0.2, 0) is 16.1 Å². The lowest BCUT2D eigenvalue weighted by molar-refractivity contribution is -0.140. The normalized spacial score (nSPS) is 17.0. The maximum atomic E-state index is 13.3. The van der Waals surface area contributed by atoms with Crippen LogP contribution in [0.3, 0.4) is 0 Å². The highest BCUT2D eigenvalue weighted by Crippen LogP contribution is 2.43. The van der Waals surface area contributed by atoms with Crippen LogP contribution in [0.4, 0.5) is 0 Å². The van der Waals surface area contributed by atoms with Crippen molar-refractivity contribution in [1.29, 1.82) is 0 Å². The number of ketones is 1. The van der Waals surface area contributed by atoms with Crippen molar-refractivity contribution in [2.45, 2.75) is 26.4 Å². The third kappa shape index (κ3) is 4.61. The molecule has 4 rings (SSSR count). The second-order valence-electron chi connectivity index (χ2n) is 8.03. The number of ether oxygens (including phenoxy) is 3. The number of nitrogens with zero attached hydrogens (tertiary/aromatic N) is 1. The molecule has 1 amide bonds. The topological polar surface area (TPSA) is 85.3 Å². The maximum absolute atomic E-state index is 13.3. The van der Waals surface area contributed by atoms with Gasteiger partial charge in [0.05, 0.1) is 39.0 Å². The lowest BCUT2D eigenvalue weighted by Crippen LogP contribution is -2.28. The maximum Gasteiger partial charge on any atom is 0.295 e. The summed E-state index contributed by atoms with van der Waals surface area (Å²) in [5, 5.41) is 13.3. The lowest BCUT2D eigenvalue weighted by Gasteiger charge is -2.25. The Morgan fingerprint density at radius 2 is 1.77 bits per heavy atom. The Balaban J connectivity index is 1.87. The highest BCUT2D eigenvalue weighted by Gasteiger charge is 2.46. The van der Waals surface area contributed by atoms with Gasteiger partial charge in [0.1, 0.15) is 11.5 Å². The van der Waals surface area contributed by atoms with Crippen molar-refractivity contribution in [3.8, 4) is 17.2 Å². The standard InChI is InChI=1S/C27H27NO6S/c1-5-34-20-10-9-18(13-16(20)2)25(29)23-24(17-8-11-21(32-3)22(14-17)33-4)28(27(31)26(23)30)15-19-7-6-12-35-19/h6-14,24,29H,5,15H2,1-4H3/b25-23-. The number of thiophene rings is 1. The summed E-state index contributed by atoms with van der Waals surface area (Å²) in [6, 6.07) is 13.4. The summed E-state index contributed by atoms with van der Waals surface area (Å²) in [5.41, 5.74) is 1.90. The van der Waals surface area contributed by atoms with E-state index in [1.807, 2.05) is 31.4 Å². The Hall–Kier alpha value is -3.78. The summed E-state index contributed by atoms with van der Waals surface area (Å²) in [6.45, 7) is 4.51. The number of carbonyl (C=O) groups excluding carboxylic acids is 2. The molecule has 1 aromatic heterocycles. The predicted molar refractivity (Wildman–Crippen MR) is 134 cm³/mol. The molecule has 0 radical (unpaired) electrons. The zero-order valence-electron chi connectivity index (χ0n) is 20.0. The molecule has 1 unspecified atom stereocenters. The minimum absolute atomic E-state index is 0.0299. The van der Waals surface area contributed by atoms with E-state index in [0.29, 0.717) is 35.0 Å². The monoisotopic (exact) mass is 493 g/mol. The molecule has 2 heterocycles. The molecule has 3 aromatic rings. The number of methoxy groups -OCH3 is 2. The quantitative estimate of drug-likeness (QED) is 0.267. The van der Waals surface area contributed by atoms with Crippen LogP contribution in [0.15, 0.2) is 59.5 Å². The van der Waals surface area contributed by atoms with Gasteiger partial charge < -0.3 is 24.2 Å². The number of benzene rings is 2. The van der Waals surface area contributed by atoms with E-state index in [1.165, 1.54) is 30.5 Å². The number of aryl methyl sites for hydroxylation is 1. The van der Waals surface area contributed by atoms with Crippen LogP contribution in [0.2, 0.25) is 0 Å². The van der Waals surface area contributed by atoms with Crippen molar-refractivity contribution in [1.82, 2.24) is 4.90 Å². The first-order chi connectivity index (χ1) is 16.9. The van der Waals surface area contributed by atoms with E-state index in [1.54, 1.807) is 36.4 Å². The average molecular weight is 494 g/mol. The number of likely N-dealkylation sites (tertiary alicyclic amines) is 1. The SMILES string of the molecule is CCOc1ccc(/C(O)=C2/C(=O)C(=O)N(Cc3cccs3)C2c2ccc(OC)c(OC)c2)cc1C. The summed E-state index contributed by atoms with van der Waals surface area (Å²) in [7, 11) is 3.06. The van der Waals surface area contributed by atoms with Crippen LogP contribution in [0.1, 0.15) is 34.5 Å². The minimum atomic E-state index is -0.802. The molecule has 2 aromatic carbocycles. The van der Waals surface area contributed by atoms with Crippen LogP contribution >= 0.6 is 11.3 Å². The van der Waals surface area contributed by atoms with Gasteiger partial charge in [0, 0.05) is 10.4 Å². The van der Waals surface area contributed by atoms with Crippen molar-refractivity contribution < 1.29 is 28.9 Å². The third-order valence-corrected chi connectivity index (χ3v) is 6.78. The van der Waals surface area contributed by atoms with Gasteiger partial charge in [0.15, 0.2) is 11.5 Å². The molecule has 0 saturated carbocycles. The molecule has 1 N–H and O–H groups in total. The number of hydrogen-bond acceptors (Lipinski definition) is 7. The van der Waals surface area contributed by atoms with E-state index >= 15 is 0 Å². The molecule has 7 nitrogen and oxygen atoms in total. The molecule has 35 heavy (non-hydrogen) atoms. The van der Waals surface area contributed by atoms with Gasteiger partial charge >= 0.3 is 0 Å². The Morgan fingerprint density at radius 3 is 2.40 bits per heavy atom. The van der Waals surface area contributed by atoms with Crippen molar-refractivity contribution in [3.63, 3.8) is 0 Å². The molecule has 1 saturated heterocycles. The number of rotatable bonds is 8. The van der Waals surface area contributed by atoms with Crippen molar-refractivity contribution >= 4 is 28.8 Å².